The predicted molar refractivity (Wildman–Crippen MR) is 77.6 cm³/mol. The normalized spacial score (nSPS) is 10.4. The van der Waals surface area contributed by atoms with Crippen molar-refractivity contribution in [2.75, 3.05) is 0 Å². The van der Waals surface area contributed by atoms with Crippen LogP contribution in [0.4, 0.5) is 5.88 Å². The Morgan fingerprint density at radius 3 is 2.59 bits per heavy atom. The third-order valence-corrected chi connectivity index (χ3v) is 3.18. The molecule has 0 aliphatic rings. The van der Waals surface area contributed by atoms with Crippen molar-refractivity contribution in [3.63, 3.8) is 0 Å². The van der Waals surface area contributed by atoms with E-state index in [0.717, 1.165) is 0 Å². The molecular weight excluding hydrogens is 308 g/mol. The standard InChI is InChI=1S/C14H7ClN4O3/c15-10-1-3-11(4-2-10)18-8-9(7-16)14(17-18)12-5-6-13(22-12)19(20)21/h1-6,8H. The van der Waals surface area contributed by atoms with Crippen LogP contribution in [-0.2, 0) is 0 Å². The number of hydrogen-bond acceptors (Lipinski definition) is 5. The van der Waals surface area contributed by atoms with Crippen molar-refractivity contribution in [2.45, 2.75) is 0 Å². The smallest absolute Gasteiger partial charge is 0.399 e. The molecule has 3 rings (SSSR count). The summed E-state index contributed by atoms with van der Waals surface area (Å²) >= 11 is 5.83. The van der Waals surface area contributed by atoms with E-state index in [9.17, 15) is 15.4 Å². The highest BCUT2D eigenvalue weighted by Gasteiger charge is 2.19. The van der Waals surface area contributed by atoms with Gasteiger partial charge in [-0.15, -0.1) is 0 Å². The first-order valence-corrected chi connectivity index (χ1v) is 6.46. The Labute approximate surface area is 129 Å². The number of aromatic nitrogens is 2. The minimum absolute atomic E-state index is 0.163. The summed E-state index contributed by atoms with van der Waals surface area (Å²) in [7, 11) is 0. The summed E-state index contributed by atoms with van der Waals surface area (Å²) in [5.74, 6) is -0.240. The molecule has 0 aliphatic carbocycles. The second-order valence-corrected chi connectivity index (χ2v) is 4.76. The number of rotatable bonds is 3. The molecule has 108 valence electrons. The van der Waals surface area contributed by atoms with Crippen LogP contribution < -0.4 is 0 Å². The van der Waals surface area contributed by atoms with Gasteiger partial charge in [0.1, 0.15) is 22.2 Å². The first kappa shape index (κ1) is 13.9. The lowest BCUT2D eigenvalue weighted by Gasteiger charge is -2.00. The van der Waals surface area contributed by atoms with E-state index in [4.69, 9.17) is 16.0 Å². The SMILES string of the molecule is N#Cc1cn(-c2ccc(Cl)cc2)nc1-c1ccc([N+](=O)[O-])o1. The number of nitrogens with zero attached hydrogens (tertiary/aromatic N) is 4. The quantitative estimate of drug-likeness (QED) is 0.543. The summed E-state index contributed by atoms with van der Waals surface area (Å²) in [6.07, 6.45) is 1.52. The van der Waals surface area contributed by atoms with Crippen LogP contribution in [0.15, 0.2) is 47.0 Å². The summed E-state index contributed by atoms with van der Waals surface area (Å²) < 4.78 is 6.58. The van der Waals surface area contributed by atoms with Crippen molar-refractivity contribution in [1.29, 1.82) is 5.26 Å². The Morgan fingerprint density at radius 2 is 2.00 bits per heavy atom. The van der Waals surface area contributed by atoms with Crippen molar-refractivity contribution in [3.8, 4) is 23.2 Å². The molecule has 0 aliphatic heterocycles. The summed E-state index contributed by atoms with van der Waals surface area (Å²) in [4.78, 5) is 10.0. The molecule has 0 unspecified atom stereocenters. The largest absolute Gasteiger partial charge is 0.433 e. The van der Waals surface area contributed by atoms with E-state index in [2.05, 4.69) is 5.10 Å². The maximum atomic E-state index is 10.7. The highest BCUT2D eigenvalue weighted by atomic mass is 35.5. The van der Waals surface area contributed by atoms with Crippen LogP contribution in [0.25, 0.3) is 17.1 Å². The lowest BCUT2D eigenvalue weighted by Crippen LogP contribution is -1.94. The topological polar surface area (TPSA) is 97.9 Å². The van der Waals surface area contributed by atoms with Crippen LogP contribution >= 0.6 is 11.6 Å². The molecule has 0 spiro atoms. The van der Waals surface area contributed by atoms with Gasteiger partial charge in [0.05, 0.1) is 11.8 Å². The minimum Gasteiger partial charge on any atom is -0.399 e. The van der Waals surface area contributed by atoms with Gasteiger partial charge in [0.2, 0.25) is 0 Å². The first-order valence-electron chi connectivity index (χ1n) is 6.09. The Kier molecular flexibility index (Phi) is 3.37. The highest BCUT2D eigenvalue weighted by molar-refractivity contribution is 6.30. The molecule has 0 bridgehead atoms. The summed E-state index contributed by atoms with van der Waals surface area (Å²) in [6, 6.07) is 11.5. The van der Waals surface area contributed by atoms with Gasteiger partial charge in [-0.2, -0.15) is 10.4 Å². The molecule has 3 aromatic rings. The maximum absolute atomic E-state index is 10.7. The number of nitro groups is 1. The molecular formula is C14H7ClN4O3. The number of hydrogen-bond donors (Lipinski definition) is 0. The van der Waals surface area contributed by atoms with E-state index in [1.54, 1.807) is 24.3 Å². The number of nitriles is 1. The minimum atomic E-state index is -0.647. The maximum Gasteiger partial charge on any atom is 0.433 e. The molecule has 0 saturated carbocycles. The van der Waals surface area contributed by atoms with E-state index in [-0.39, 0.29) is 17.0 Å². The monoisotopic (exact) mass is 314 g/mol. The zero-order valence-corrected chi connectivity index (χ0v) is 11.7. The van der Waals surface area contributed by atoms with Crippen LogP contribution in [0.1, 0.15) is 5.56 Å². The van der Waals surface area contributed by atoms with Crippen LogP contribution in [0, 0.1) is 21.4 Å². The number of halogens is 1. The fourth-order valence-electron chi connectivity index (χ4n) is 1.92. The van der Waals surface area contributed by atoms with Gasteiger partial charge >= 0.3 is 5.88 Å². The third kappa shape index (κ3) is 2.43. The van der Waals surface area contributed by atoms with Crippen molar-refractivity contribution >= 4 is 17.5 Å². The van der Waals surface area contributed by atoms with Gasteiger partial charge in [-0.3, -0.25) is 10.1 Å². The van der Waals surface area contributed by atoms with E-state index in [1.165, 1.54) is 23.0 Å². The van der Waals surface area contributed by atoms with E-state index < -0.39 is 10.8 Å². The van der Waals surface area contributed by atoms with Crippen LogP contribution in [0.3, 0.4) is 0 Å². The lowest BCUT2D eigenvalue weighted by molar-refractivity contribution is -0.401. The Balaban J connectivity index is 2.06. The fraction of sp³-hybridized carbons (Fsp3) is 0. The van der Waals surface area contributed by atoms with Gasteiger partial charge in [0, 0.05) is 11.2 Å². The Hall–Kier alpha value is -3.11. The van der Waals surface area contributed by atoms with Crippen molar-refractivity contribution in [3.05, 3.63) is 63.3 Å². The van der Waals surface area contributed by atoms with Gasteiger partial charge in [-0.05, 0) is 30.3 Å². The van der Waals surface area contributed by atoms with Crippen molar-refractivity contribution in [2.24, 2.45) is 0 Å². The third-order valence-electron chi connectivity index (χ3n) is 2.93. The average molecular weight is 315 g/mol. The van der Waals surface area contributed by atoms with Gasteiger partial charge < -0.3 is 4.42 Å². The molecule has 0 atom stereocenters. The predicted octanol–water partition coefficient (Wildman–Crippen LogP) is 3.57. The highest BCUT2D eigenvalue weighted by Crippen LogP contribution is 2.28. The molecule has 0 fully saturated rings. The van der Waals surface area contributed by atoms with E-state index in [1.807, 2.05) is 6.07 Å². The summed E-state index contributed by atoms with van der Waals surface area (Å²) in [5, 5.41) is 24.7. The van der Waals surface area contributed by atoms with Gasteiger partial charge in [-0.1, -0.05) is 11.6 Å². The molecule has 2 heterocycles. The van der Waals surface area contributed by atoms with E-state index >= 15 is 0 Å². The van der Waals surface area contributed by atoms with Crippen LogP contribution in [-0.4, -0.2) is 14.7 Å². The van der Waals surface area contributed by atoms with E-state index in [0.29, 0.717) is 10.7 Å². The van der Waals surface area contributed by atoms with Gasteiger partial charge in [0.15, 0.2) is 5.76 Å². The van der Waals surface area contributed by atoms with Crippen LogP contribution in [0.5, 0.6) is 0 Å². The zero-order valence-electron chi connectivity index (χ0n) is 10.9. The fourth-order valence-corrected chi connectivity index (χ4v) is 2.04. The van der Waals surface area contributed by atoms with Crippen molar-refractivity contribution < 1.29 is 9.34 Å². The molecule has 2 aromatic heterocycles. The second kappa shape index (κ2) is 5.35. The number of furan rings is 1. The van der Waals surface area contributed by atoms with Gasteiger partial charge in [0.25, 0.3) is 0 Å². The summed E-state index contributed by atoms with van der Waals surface area (Å²) in [5.41, 5.74) is 1.19. The molecule has 1 aromatic carbocycles. The Morgan fingerprint density at radius 1 is 1.27 bits per heavy atom. The summed E-state index contributed by atoms with van der Waals surface area (Å²) in [6.45, 7) is 0. The molecule has 0 radical (unpaired) electrons. The molecule has 22 heavy (non-hydrogen) atoms. The molecule has 0 N–H and O–H groups in total. The first-order chi connectivity index (χ1) is 10.6. The van der Waals surface area contributed by atoms with Gasteiger partial charge in [-0.25, -0.2) is 4.68 Å². The average Bonchev–Trinajstić information content (AvgIpc) is 3.14. The zero-order chi connectivity index (χ0) is 15.7. The second-order valence-electron chi connectivity index (χ2n) is 4.32. The number of benzene rings is 1. The molecule has 8 heteroatoms. The lowest BCUT2D eigenvalue weighted by atomic mass is 10.2. The Bertz CT molecular complexity index is 890. The molecule has 0 amide bonds. The van der Waals surface area contributed by atoms with Crippen LogP contribution in [0.2, 0.25) is 5.02 Å². The van der Waals surface area contributed by atoms with Crippen molar-refractivity contribution in [1.82, 2.24) is 9.78 Å². The molecule has 7 nitrogen and oxygen atoms in total. The molecule has 0 saturated heterocycles.